The second kappa shape index (κ2) is 5.98. The number of hydrogen-bond donors (Lipinski definition) is 0. The lowest BCUT2D eigenvalue weighted by Gasteiger charge is -2.23. The molecule has 1 atom stereocenters. The van der Waals surface area contributed by atoms with Crippen molar-refractivity contribution in [3.63, 3.8) is 0 Å². The molecule has 0 aromatic carbocycles. The van der Waals surface area contributed by atoms with E-state index in [0.717, 1.165) is 11.9 Å². The molecular formula is C10H21BrO. The minimum absolute atomic E-state index is 0.00810. The first-order valence-corrected chi connectivity index (χ1v) is 5.81. The van der Waals surface area contributed by atoms with E-state index in [4.69, 9.17) is 4.74 Å². The number of halogens is 1. The number of hydrogen-bond acceptors (Lipinski definition) is 1. The van der Waals surface area contributed by atoms with Crippen molar-refractivity contribution in [2.24, 2.45) is 5.92 Å². The van der Waals surface area contributed by atoms with Gasteiger partial charge in [-0.25, -0.2) is 0 Å². The summed E-state index contributed by atoms with van der Waals surface area (Å²) >= 11 is 3.50. The normalized spacial score (nSPS) is 14.8. The highest BCUT2D eigenvalue weighted by Gasteiger charge is 2.13. The van der Waals surface area contributed by atoms with Crippen molar-refractivity contribution in [3.05, 3.63) is 0 Å². The number of alkyl halides is 1. The van der Waals surface area contributed by atoms with E-state index < -0.39 is 0 Å². The van der Waals surface area contributed by atoms with Gasteiger partial charge in [0.05, 0.1) is 12.2 Å². The lowest BCUT2D eigenvalue weighted by molar-refractivity contribution is -0.0197. The van der Waals surface area contributed by atoms with E-state index in [2.05, 4.69) is 43.6 Å². The van der Waals surface area contributed by atoms with Crippen molar-refractivity contribution in [3.8, 4) is 0 Å². The van der Waals surface area contributed by atoms with Crippen molar-refractivity contribution in [1.29, 1.82) is 0 Å². The van der Waals surface area contributed by atoms with Crippen molar-refractivity contribution < 1.29 is 4.74 Å². The quantitative estimate of drug-likeness (QED) is 0.663. The molecule has 0 aromatic rings. The van der Waals surface area contributed by atoms with Crippen LogP contribution in [0, 0.1) is 5.92 Å². The number of rotatable bonds is 5. The maximum atomic E-state index is 5.70. The summed E-state index contributed by atoms with van der Waals surface area (Å²) in [5.41, 5.74) is 0.00810. The molecule has 74 valence electrons. The molecule has 1 nitrogen and oxygen atoms in total. The Morgan fingerprint density at radius 2 is 1.92 bits per heavy atom. The summed E-state index contributed by atoms with van der Waals surface area (Å²) in [5.74, 6) is 0.675. The zero-order valence-electron chi connectivity index (χ0n) is 8.69. The van der Waals surface area contributed by atoms with Crippen molar-refractivity contribution in [2.75, 3.05) is 11.9 Å². The van der Waals surface area contributed by atoms with Crippen molar-refractivity contribution >= 4 is 15.9 Å². The van der Waals surface area contributed by atoms with Crippen LogP contribution in [0.2, 0.25) is 0 Å². The molecule has 0 aliphatic heterocycles. The Bertz CT molecular complexity index is 107. The van der Waals surface area contributed by atoms with Crippen molar-refractivity contribution in [2.45, 2.75) is 46.1 Å². The third-order valence-electron chi connectivity index (χ3n) is 1.67. The Labute approximate surface area is 85.0 Å². The second-order valence-corrected chi connectivity index (χ2v) is 4.88. The highest BCUT2D eigenvalue weighted by molar-refractivity contribution is 9.09. The van der Waals surface area contributed by atoms with Crippen LogP contribution in [0.4, 0.5) is 0 Å². The third-order valence-corrected chi connectivity index (χ3v) is 2.58. The first kappa shape index (κ1) is 12.4. The van der Waals surface area contributed by atoms with Crippen LogP contribution < -0.4 is 0 Å². The Kier molecular flexibility index (Phi) is 6.20. The van der Waals surface area contributed by atoms with Crippen LogP contribution in [-0.4, -0.2) is 17.5 Å². The SMILES string of the molecule is CCCC(CBr)COC(C)(C)C. The smallest absolute Gasteiger partial charge is 0.0598 e. The lowest BCUT2D eigenvalue weighted by Crippen LogP contribution is -2.24. The summed E-state index contributed by atoms with van der Waals surface area (Å²) in [7, 11) is 0. The average molecular weight is 237 g/mol. The Balaban J connectivity index is 3.58. The molecule has 0 spiro atoms. The molecule has 0 aliphatic rings. The summed E-state index contributed by atoms with van der Waals surface area (Å²) < 4.78 is 5.70. The second-order valence-electron chi connectivity index (χ2n) is 4.23. The summed E-state index contributed by atoms with van der Waals surface area (Å²) in [6, 6.07) is 0. The Hall–Kier alpha value is 0.440. The van der Waals surface area contributed by atoms with E-state index in [9.17, 15) is 0 Å². The van der Waals surface area contributed by atoms with Crippen LogP contribution in [0.25, 0.3) is 0 Å². The van der Waals surface area contributed by atoms with Gasteiger partial charge in [0.2, 0.25) is 0 Å². The molecule has 2 heteroatoms. The van der Waals surface area contributed by atoms with Crippen LogP contribution in [0.5, 0.6) is 0 Å². The summed E-state index contributed by atoms with van der Waals surface area (Å²) in [4.78, 5) is 0. The zero-order valence-corrected chi connectivity index (χ0v) is 10.3. The van der Waals surface area contributed by atoms with E-state index in [0.29, 0.717) is 5.92 Å². The van der Waals surface area contributed by atoms with E-state index in [-0.39, 0.29) is 5.60 Å². The van der Waals surface area contributed by atoms with Gasteiger partial charge in [-0.2, -0.15) is 0 Å². The maximum Gasteiger partial charge on any atom is 0.0598 e. The molecule has 0 saturated carbocycles. The molecule has 0 heterocycles. The Morgan fingerprint density at radius 1 is 1.33 bits per heavy atom. The minimum Gasteiger partial charge on any atom is -0.376 e. The van der Waals surface area contributed by atoms with Crippen LogP contribution in [0.3, 0.4) is 0 Å². The molecule has 0 aromatic heterocycles. The Morgan fingerprint density at radius 3 is 2.25 bits per heavy atom. The first-order chi connectivity index (χ1) is 5.49. The highest BCUT2D eigenvalue weighted by atomic mass is 79.9. The molecule has 12 heavy (non-hydrogen) atoms. The average Bonchev–Trinajstić information content (AvgIpc) is 1.96. The maximum absolute atomic E-state index is 5.70. The number of ether oxygens (including phenoxy) is 1. The molecule has 0 rings (SSSR count). The molecule has 0 N–H and O–H groups in total. The molecule has 0 fully saturated rings. The molecular weight excluding hydrogens is 216 g/mol. The summed E-state index contributed by atoms with van der Waals surface area (Å²) in [5, 5.41) is 1.05. The van der Waals surface area contributed by atoms with Gasteiger partial charge in [0, 0.05) is 5.33 Å². The third kappa shape index (κ3) is 7.11. The molecule has 0 aliphatic carbocycles. The van der Waals surface area contributed by atoms with Crippen LogP contribution in [0.1, 0.15) is 40.5 Å². The van der Waals surface area contributed by atoms with Crippen LogP contribution in [-0.2, 0) is 4.74 Å². The standard InChI is InChI=1S/C10H21BrO/c1-5-6-9(7-11)8-12-10(2,3)4/h9H,5-8H2,1-4H3. The fraction of sp³-hybridized carbons (Fsp3) is 1.00. The van der Waals surface area contributed by atoms with E-state index in [1.54, 1.807) is 0 Å². The predicted octanol–water partition coefficient (Wildman–Crippen LogP) is 3.61. The first-order valence-electron chi connectivity index (χ1n) is 4.69. The van der Waals surface area contributed by atoms with Gasteiger partial charge in [0.25, 0.3) is 0 Å². The van der Waals surface area contributed by atoms with Gasteiger partial charge in [-0.1, -0.05) is 29.3 Å². The molecule has 0 saturated heterocycles. The van der Waals surface area contributed by atoms with E-state index in [1.165, 1.54) is 12.8 Å². The molecule has 0 bridgehead atoms. The fourth-order valence-corrected chi connectivity index (χ4v) is 1.49. The minimum atomic E-state index is 0.00810. The van der Waals surface area contributed by atoms with Crippen LogP contribution in [0.15, 0.2) is 0 Å². The zero-order chi connectivity index (χ0) is 9.61. The fourth-order valence-electron chi connectivity index (χ4n) is 0.981. The summed E-state index contributed by atoms with van der Waals surface area (Å²) in [6.07, 6.45) is 2.49. The predicted molar refractivity (Wildman–Crippen MR) is 57.9 cm³/mol. The van der Waals surface area contributed by atoms with Crippen LogP contribution >= 0.6 is 15.9 Å². The monoisotopic (exact) mass is 236 g/mol. The van der Waals surface area contributed by atoms with E-state index in [1.807, 2.05) is 0 Å². The molecule has 0 radical (unpaired) electrons. The van der Waals surface area contributed by atoms with Crippen molar-refractivity contribution in [1.82, 2.24) is 0 Å². The van der Waals surface area contributed by atoms with Gasteiger partial charge < -0.3 is 4.74 Å². The lowest BCUT2D eigenvalue weighted by atomic mass is 10.1. The largest absolute Gasteiger partial charge is 0.376 e. The molecule has 0 amide bonds. The molecule has 1 unspecified atom stereocenters. The van der Waals surface area contributed by atoms with Gasteiger partial charge in [-0.3, -0.25) is 0 Å². The topological polar surface area (TPSA) is 9.23 Å². The van der Waals surface area contributed by atoms with Gasteiger partial charge in [-0.15, -0.1) is 0 Å². The summed E-state index contributed by atoms with van der Waals surface area (Å²) in [6.45, 7) is 9.40. The van der Waals surface area contributed by atoms with Gasteiger partial charge >= 0.3 is 0 Å². The van der Waals surface area contributed by atoms with E-state index >= 15 is 0 Å². The van der Waals surface area contributed by atoms with Gasteiger partial charge in [0.1, 0.15) is 0 Å². The highest BCUT2D eigenvalue weighted by Crippen LogP contribution is 2.14. The van der Waals surface area contributed by atoms with Gasteiger partial charge in [0.15, 0.2) is 0 Å². The van der Waals surface area contributed by atoms with Gasteiger partial charge in [-0.05, 0) is 33.1 Å².